The minimum Gasteiger partial charge on any atom is -0.481 e. The third kappa shape index (κ3) is 4.86. The van der Waals surface area contributed by atoms with E-state index in [-0.39, 0.29) is 23.9 Å². The Bertz CT molecular complexity index is 509. The molecule has 2 N–H and O–H groups in total. The maximum absolute atomic E-state index is 12.9. The molecule has 0 saturated carbocycles. The van der Waals surface area contributed by atoms with Crippen LogP contribution in [0.4, 0.5) is 4.79 Å². The lowest BCUT2D eigenvalue weighted by molar-refractivity contribution is -0.151. The van der Waals surface area contributed by atoms with E-state index in [9.17, 15) is 19.5 Å². The van der Waals surface area contributed by atoms with Crippen LogP contribution in [0.5, 0.6) is 0 Å². The summed E-state index contributed by atoms with van der Waals surface area (Å²) in [5.41, 5.74) is 0. The fourth-order valence-corrected chi connectivity index (χ4v) is 3.79. The van der Waals surface area contributed by atoms with Crippen molar-refractivity contribution in [1.82, 2.24) is 15.1 Å². The number of aliphatic carboxylic acids is 1. The number of carboxylic acids is 1. The van der Waals surface area contributed by atoms with Gasteiger partial charge in [0.25, 0.3) is 0 Å². The number of piperidine rings is 2. The van der Waals surface area contributed by atoms with E-state index in [0.29, 0.717) is 38.5 Å². The van der Waals surface area contributed by atoms with Crippen LogP contribution in [-0.4, -0.2) is 65.0 Å². The van der Waals surface area contributed by atoms with Crippen LogP contribution in [0.15, 0.2) is 0 Å². The molecule has 2 aliphatic heterocycles. The van der Waals surface area contributed by atoms with Gasteiger partial charge < -0.3 is 20.2 Å². The summed E-state index contributed by atoms with van der Waals surface area (Å²) in [6.45, 7) is 8.23. The second-order valence-corrected chi connectivity index (χ2v) is 7.72. The number of urea groups is 1. The SMILES string of the molecule is CC(C)CNC(=O)N1CCCC(C(=O)N2CCC[C@H](C(=O)O)[C@@H]2C)C1. The van der Waals surface area contributed by atoms with Gasteiger partial charge in [0.15, 0.2) is 0 Å². The van der Waals surface area contributed by atoms with Crippen molar-refractivity contribution in [3.63, 3.8) is 0 Å². The Morgan fingerprint density at radius 2 is 1.84 bits per heavy atom. The highest BCUT2D eigenvalue weighted by Gasteiger charge is 2.39. The topological polar surface area (TPSA) is 90.0 Å². The number of rotatable bonds is 4. The van der Waals surface area contributed by atoms with Crippen LogP contribution >= 0.6 is 0 Å². The second-order valence-electron chi connectivity index (χ2n) is 7.72. The lowest BCUT2D eigenvalue weighted by Crippen LogP contribution is -2.54. The third-order valence-electron chi connectivity index (χ3n) is 5.31. The van der Waals surface area contributed by atoms with Gasteiger partial charge in [-0.25, -0.2) is 4.79 Å². The first-order valence-corrected chi connectivity index (χ1v) is 9.37. The lowest BCUT2D eigenvalue weighted by atomic mass is 9.88. The monoisotopic (exact) mass is 353 g/mol. The summed E-state index contributed by atoms with van der Waals surface area (Å²) in [5, 5.41) is 12.2. The van der Waals surface area contributed by atoms with E-state index in [4.69, 9.17) is 0 Å². The zero-order chi connectivity index (χ0) is 18.6. The quantitative estimate of drug-likeness (QED) is 0.806. The molecule has 1 unspecified atom stereocenters. The summed E-state index contributed by atoms with van der Waals surface area (Å²) in [6.07, 6.45) is 2.90. The molecule has 0 spiro atoms. The maximum atomic E-state index is 12.9. The van der Waals surface area contributed by atoms with E-state index in [1.165, 1.54) is 0 Å². The highest BCUT2D eigenvalue weighted by molar-refractivity contribution is 5.82. The van der Waals surface area contributed by atoms with Gasteiger partial charge in [-0.2, -0.15) is 0 Å². The zero-order valence-electron chi connectivity index (χ0n) is 15.5. The average Bonchev–Trinajstić information content (AvgIpc) is 2.59. The van der Waals surface area contributed by atoms with Crippen molar-refractivity contribution in [2.24, 2.45) is 17.8 Å². The molecule has 2 heterocycles. The van der Waals surface area contributed by atoms with Crippen molar-refractivity contribution in [2.75, 3.05) is 26.2 Å². The number of carbonyl (C=O) groups excluding carboxylic acids is 2. The van der Waals surface area contributed by atoms with E-state index >= 15 is 0 Å². The minimum absolute atomic E-state index is 0.000176. The Balaban J connectivity index is 1.96. The fourth-order valence-electron chi connectivity index (χ4n) is 3.79. The summed E-state index contributed by atoms with van der Waals surface area (Å²) in [6, 6.07) is -0.398. The summed E-state index contributed by atoms with van der Waals surface area (Å²) >= 11 is 0. The van der Waals surface area contributed by atoms with Crippen LogP contribution in [0.1, 0.15) is 46.5 Å². The number of hydrogen-bond donors (Lipinski definition) is 2. The number of hydrogen-bond acceptors (Lipinski definition) is 3. The fraction of sp³-hybridized carbons (Fsp3) is 0.833. The van der Waals surface area contributed by atoms with Gasteiger partial charge in [0, 0.05) is 32.2 Å². The van der Waals surface area contributed by atoms with Gasteiger partial charge >= 0.3 is 12.0 Å². The molecular formula is C18H31N3O4. The molecule has 0 aromatic rings. The number of amides is 3. The lowest BCUT2D eigenvalue weighted by Gasteiger charge is -2.41. The van der Waals surface area contributed by atoms with Gasteiger partial charge in [-0.05, 0) is 38.5 Å². The molecule has 7 heteroatoms. The maximum Gasteiger partial charge on any atom is 0.317 e. The number of nitrogens with zero attached hydrogens (tertiary/aromatic N) is 2. The van der Waals surface area contributed by atoms with E-state index in [0.717, 1.165) is 19.3 Å². The smallest absolute Gasteiger partial charge is 0.317 e. The average molecular weight is 353 g/mol. The van der Waals surface area contributed by atoms with Crippen LogP contribution < -0.4 is 5.32 Å². The third-order valence-corrected chi connectivity index (χ3v) is 5.31. The molecule has 2 saturated heterocycles. The largest absolute Gasteiger partial charge is 0.481 e. The number of nitrogens with one attached hydrogen (secondary N) is 1. The molecule has 0 aromatic carbocycles. The Kier molecular flexibility index (Phi) is 6.67. The molecule has 7 nitrogen and oxygen atoms in total. The van der Waals surface area contributed by atoms with E-state index in [1.54, 1.807) is 9.80 Å². The second kappa shape index (κ2) is 8.54. The van der Waals surface area contributed by atoms with Gasteiger partial charge in [-0.1, -0.05) is 13.8 Å². The van der Waals surface area contributed by atoms with Gasteiger partial charge in [0.1, 0.15) is 0 Å². The standard InChI is InChI=1S/C18H31N3O4/c1-12(2)10-19-18(25)20-8-4-6-14(11-20)16(22)21-9-5-7-15(13(21)3)17(23)24/h12-15H,4-11H2,1-3H3,(H,19,25)(H,23,24)/t13-,14?,15-/m0/s1. The molecule has 3 amide bonds. The molecular weight excluding hydrogens is 322 g/mol. The molecule has 3 atom stereocenters. The molecule has 0 aliphatic carbocycles. The molecule has 0 bridgehead atoms. The van der Waals surface area contributed by atoms with Crippen LogP contribution in [0, 0.1) is 17.8 Å². The van der Waals surface area contributed by atoms with Crippen LogP contribution in [0.25, 0.3) is 0 Å². The Morgan fingerprint density at radius 1 is 1.16 bits per heavy atom. The zero-order valence-corrected chi connectivity index (χ0v) is 15.5. The van der Waals surface area contributed by atoms with Gasteiger partial charge in [0.2, 0.25) is 5.91 Å². The van der Waals surface area contributed by atoms with Crippen molar-refractivity contribution < 1.29 is 19.5 Å². The highest BCUT2D eigenvalue weighted by atomic mass is 16.4. The van der Waals surface area contributed by atoms with Crippen LogP contribution in [-0.2, 0) is 9.59 Å². The summed E-state index contributed by atoms with van der Waals surface area (Å²) < 4.78 is 0. The van der Waals surface area contributed by atoms with Crippen molar-refractivity contribution >= 4 is 17.9 Å². The van der Waals surface area contributed by atoms with E-state index in [2.05, 4.69) is 5.32 Å². The minimum atomic E-state index is -0.830. The molecule has 2 aliphatic rings. The van der Waals surface area contributed by atoms with Gasteiger partial charge in [0.05, 0.1) is 11.8 Å². The molecule has 2 rings (SSSR count). The van der Waals surface area contributed by atoms with Gasteiger partial charge in [-0.15, -0.1) is 0 Å². The summed E-state index contributed by atoms with van der Waals surface area (Å²) in [7, 11) is 0. The predicted octanol–water partition coefficient (Wildman–Crippen LogP) is 1.78. The van der Waals surface area contributed by atoms with Crippen LogP contribution in [0.3, 0.4) is 0 Å². The predicted molar refractivity (Wildman–Crippen MR) is 94.1 cm³/mol. The van der Waals surface area contributed by atoms with Crippen molar-refractivity contribution in [3.8, 4) is 0 Å². The Hall–Kier alpha value is -1.79. The van der Waals surface area contributed by atoms with Crippen LogP contribution in [0.2, 0.25) is 0 Å². The van der Waals surface area contributed by atoms with Crippen molar-refractivity contribution in [2.45, 2.75) is 52.5 Å². The van der Waals surface area contributed by atoms with E-state index < -0.39 is 11.9 Å². The first-order valence-electron chi connectivity index (χ1n) is 9.37. The van der Waals surface area contributed by atoms with Crippen molar-refractivity contribution in [1.29, 1.82) is 0 Å². The van der Waals surface area contributed by atoms with E-state index in [1.807, 2.05) is 20.8 Å². The Morgan fingerprint density at radius 3 is 2.48 bits per heavy atom. The Labute approximate surface area is 149 Å². The first-order chi connectivity index (χ1) is 11.8. The summed E-state index contributed by atoms with van der Waals surface area (Å²) in [5.74, 6) is -1.17. The van der Waals surface area contributed by atoms with Gasteiger partial charge in [-0.3, -0.25) is 9.59 Å². The number of likely N-dealkylation sites (tertiary alicyclic amines) is 2. The molecule has 2 fully saturated rings. The molecule has 142 valence electrons. The molecule has 25 heavy (non-hydrogen) atoms. The number of carboxylic acid groups (broad SMARTS) is 1. The molecule has 0 aromatic heterocycles. The normalized spacial score (nSPS) is 27.3. The summed E-state index contributed by atoms with van der Waals surface area (Å²) in [4.78, 5) is 40.0. The molecule has 0 radical (unpaired) electrons. The first kappa shape index (κ1) is 19.5. The highest BCUT2D eigenvalue weighted by Crippen LogP contribution is 2.27. The number of carbonyl (C=O) groups is 3. The van der Waals surface area contributed by atoms with Crippen molar-refractivity contribution in [3.05, 3.63) is 0 Å².